The molecule has 1 aromatic carbocycles. The van der Waals surface area contributed by atoms with Crippen LogP contribution in [-0.2, 0) is 17.1 Å². The van der Waals surface area contributed by atoms with Crippen molar-refractivity contribution in [1.82, 2.24) is 4.98 Å². The van der Waals surface area contributed by atoms with Crippen LogP contribution in [-0.4, -0.2) is 11.6 Å². The van der Waals surface area contributed by atoms with Crippen molar-refractivity contribution in [2.24, 2.45) is 0 Å². The van der Waals surface area contributed by atoms with Crippen molar-refractivity contribution in [3.8, 4) is 5.75 Å². The van der Waals surface area contributed by atoms with Gasteiger partial charge in [-0.2, -0.15) is 0 Å². The molecule has 0 aliphatic carbocycles. The minimum atomic E-state index is 0. The van der Waals surface area contributed by atoms with Crippen LogP contribution in [0, 0.1) is 3.95 Å². The number of hydrogen-bond donors (Lipinski definition) is 1. The Balaban J connectivity index is 0.00000128. The van der Waals surface area contributed by atoms with E-state index in [1.54, 1.807) is 11.3 Å². The number of fused-ring (bicyclic) bond motifs is 1. The average Bonchev–Trinajstić information content (AvgIpc) is 2.57. The van der Waals surface area contributed by atoms with Gasteiger partial charge in [0, 0.05) is 17.1 Å². The number of thiazole rings is 1. The fraction of sp³-hybridized carbons (Fsp3) is 0.364. The minimum absolute atomic E-state index is 0. The van der Waals surface area contributed by atoms with E-state index in [9.17, 15) is 0 Å². The van der Waals surface area contributed by atoms with Gasteiger partial charge in [-0.3, -0.25) is 0 Å². The summed E-state index contributed by atoms with van der Waals surface area (Å²) in [5.41, 5.74) is 1.09. The number of nitrogens with one attached hydrogen (secondary N) is 1. The molecule has 0 bridgehead atoms. The Morgan fingerprint density at radius 3 is 3.00 bits per heavy atom. The van der Waals surface area contributed by atoms with Crippen LogP contribution in [0.5, 0.6) is 5.75 Å². The topological polar surface area (TPSA) is 25.0 Å². The zero-order valence-electron chi connectivity index (χ0n) is 8.88. The molecule has 0 saturated heterocycles. The normalized spacial score (nSPS) is 10.1. The van der Waals surface area contributed by atoms with Crippen LogP contribution in [0.2, 0.25) is 0 Å². The summed E-state index contributed by atoms with van der Waals surface area (Å²) < 4.78 is 7.60. The van der Waals surface area contributed by atoms with E-state index in [4.69, 9.17) is 17.0 Å². The molecule has 0 atom stereocenters. The minimum Gasteiger partial charge on any atom is -0.494 e. The first kappa shape index (κ1) is 13.7. The quantitative estimate of drug-likeness (QED) is 0.522. The van der Waals surface area contributed by atoms with E-state index < -0.39 is 0 Å². The van der Waals surface area contributed by atoms with Crippen molar-refractivity contribution < 1.29 is 21.8 Å². The number of aromatic nitrogens is 1. The fourth-order valence-corrected chi connectivity index (χ4v) is 2.49. The Hall–Kier alpha value is -0.351. The molecule has 1 radical (unpaired) electrons. The van der Waals surface area contributed by atoms with Crippen molar-refractivity contribution in [1.29, 1.82) is 0 Å². The van der Waals surface area contributed by atoms with E-state index in [1.807, 2.05) is 18.2 Å². The Morgan fingerprint density at radius 2 is 2.25 bits per heavy atom. The van der Waals surface area contributed by atoms with Gasteiger partial charge in [0.1, 0.15) is 5.75 Å². The maximum Gasteiger partial charge on any atom is 0.159 e. The second-order valence-corrected chi connectivity index (χ2v) is 5.09. The molecule has 0 aliphatic heterocycles. The van der Waals surface area contributed by atoms with Gasteiger partial charge in [0.05, 0.1) is 16.8 Å². The van der Waals surface area contributed by atoms with Gasteiger partial charge in [-0.05, 0) is 36.8 Å². The molecule has 0 aliphatic rings. The molecule has 91 valence electrons. The van der Waals surface area contributed by atoms with Gasteiger partial charge in [0.2, 0.25) is 0 Å². The molecule has 2 aromatic rings. The van der Waals surface area contributed by atoms with Gasteiger partial charge in [-0.15, -0.1) is 11.3 Å². The predicted octanol–water partition coefficient (Wildman–Crippen LogP) is 4.14. The third kappa shape index (κ3) is 3.32. The second kappa shape index (κ2) is 6.40. The molecular weight excluding hydrogens is 290 g/mol. The molecular formula is C11H13CuNOS2. The molecule has 0 amide bonds. The SMILES string of the molecule is CCCCOc1ccc2[nH]c(=S)sc2c1.[Cu]. The van der Waals surface area contributed by atoms with Crippen molar-refractivity contribution in [3.05, 3.63) is 22.2 Å². The molecule has 5 heteroatoms. The third-order valence-electron chi connectivity index (χ3n) is 2.16. The first-order valence-corrected chi connectivity index (χ1v) is 6.28. The number of benzene rings is 1. The van der Waals surface area contributed by atoms with Crippen LogP contribution in [0.15, 0.2) is 18.2 Å². The summed E-state index contributed by atoms with van der Waals surface area (Å²) in [5.74, 6) is 0.932. The summed E-state index contributed by atoms with van der Waals surface area (Å²) in [4.78, 5) is 3.13. The number of rotatable bonds is 4. The van der Waals surface area contributed by atoms with Crippen LogP contribution in [0.25, 0.3) is 10.2 Å². The molecule has 0 unspecified atom stereocenters. The van der Waals surface area contributed by atoms with Gasteiger partial charge in [0.25, 0.3) is 0 Å². The van der Waals surface area contributed by atoms with Gasteiger partial charge in [0.15, 0.2) is 3.95 Å². The standard InChI is InChI=1S/C11H13NOS2.Cu/c1-2-3-6-13-8-4-5-9-10(7-8)15-11(14)12-9;/h4-5,7H,2-3,6H2,1H3,(H,12,14);. The van der Waals surface area contributed by atoms with Gasteiger partial charge in [-0.1, -0.05) is 13.3 Å². The monoisotopic (exact) mass is 302 g/mol. The number of ether oxygens (including phenoxy) is 1. The molecule has 16 heavy (non-hydrogen) atoms. The Kier molecular flexibility index (Phi) is 5.49. The van der Waals surface area contributed by atoms with Crippen LogP contribution in [0.1, 0.15) is 19.8 Å². The van der Waals surface area contributed by atoms with Gasteiger partial charge < -0.3 is 9.72 Å². The Morgan fingerprint density at radius 1 is 1.44 bits per heavy atom. The third-order valence-corrected chi connectivity index (χ3v) is 3.36. The van der Waals surface area contributed by atoms with Gasteiger partial charge in [-0.25, -0.2) is 0 Å². The summed E-state index contributed by atoms with van der Waals surface area (Å²) in [6, 6.07) is 6.04. The second-order valence-electron chi connectivity index (χ2n) is 3.37. The first-order valence-electron chi connectivity index (χ1n) is 5.05. The van der Waals surface area contributed by atoms with Crippen LogP contribution >= 0.6 is 23.6 Å². The maximum absolute atomic E-state index is 5.62. The molecule has 1 aromatic heterocycles. The number of hydrogen-bond acceptors (Lipinski definition) is 3. The number of H-pyrrole nitrogens is 1. The molecule has 0 spiro atoms. The molecule has 1 N–H and O–H groups in total. The Bertz CT molecular complexity index is 506. The molecule has 2 rings (SSSR count). The largest absolute Gasteiger partial charge is 0.494 e. The van der Waals surface area contributed by atoms with E-state index in [-0.39, 0.29) is 17.1 Å². The van der Waals surface area contributed by atoms with Crippen LogP contribution in [0.4, 0.5) is 0 Å². The first-order chi connectivity index (χ1) is 7.29. The average molecular weight is 303 g/mol. The van der Waals surface area contributed by atoms with Crippen molar-refractivity contribution in [2.45, 2.75) is 19.8 Å². The molecule has 1 heterocycles. The molecule has 0 saturated carbocycles. The molecule has 2 nitrogen and oxygen atoms in total. The van der Waals surface area contributed by atoms with Crippen molar-refractivity contribution in [2.75, 3.05) is 6.61 Å². The van der Waals surface area contributed by atoms with Crippen LogP contribution < -0.4 is 4.74 Å². The summed E-state index contributed by atoms with van der Waals surface area (Å²) in [6.07, 6.45) is 2.26. The van der Waals surface area contributed by atoms with Crippen molar-refractivity contribution >= 4 is 33.8 Å². The van der Waals surface area contributed by atoms with E-state index >= 15 is 0 Å². The van der Waals surface area contributed by atoms with E-state index in [2.05, 4.69) is 11.9 Å². The zero-order chi connectivity index (χ0) is 10.7. The van der Waals surface area contributed by atoms with Crippen molar-refractivity contribution in [3.63, 3.8) is 0 Å². The zero-order valence-corrected chi connectivity index (χ0v) is 11.5. The fourth-order valence-electron chi connectivity index (χ4n) is 1.35. The van der Waals surface area contributed by atoms with E-state index in [1.165, 1.54) is 0 Å². The molecule has 0 fully saturated rings. The van der Waals surface area contributed by atoms with Crippen LogP contribution in [0.3, 0.4) is 0 Å². The predicted molar refractivity (Wildman–Crippen MR) is 67.4 cm³/mol. The Labute approximate surface area is 115 Å². The maximum atomic E-state index is 5.62. The number of unbranched alkanes of at least 4 members (excludes halogenated alkanes) is 1. The summed E-state index contributed by atoms with van der Waals surface area (Å²) in [5, 5.41) is 0. The van der Waals surface area contributed by atoms with Gasteiger partial charge >= 0.3 is 0 Å². The number of aromatic amines is 1. The van der Waals surface area contributed by atoms with E-state index in [0.717, 1.165) is 39.4 Å². The van der Waals surface area contributed by atoms with E-state index in [0.29, 0.717) is 0 Å². The smallest absolute Gasteiger partial charge is 0.159 e. The summed E-state index contributed by atoms with van der Waals surface area (Å²) in [6.45, 7) is 2.95. The summed E-state index contributed by atoms with van der Waals surface area (Å²) in [7, 11) is 0. The summed E-state index contributed by atoms with van der Waals surface area (Å²) >= 11 is 6.67.